The van der Waals surface area contributed by atoms with Gasteiger partial charge in [0.05, 0.1) is 12.2 Å². The van der Waals surface area contributed by atoms with Crippen molar-refractivity contribution in [1.29, 1.82) is 0 Å². The molecule has 156 valence electrons. The molecular weight excluding hydrogens is 379 g/mol. The van der Waals surface area contributed by atoms with E-state index in [1.807, 2.05) is 0 Å². The molecule has 1 unspecified atom stereocenters. The van der Waals surface area contributed by atoms with Gasteiger partial charge < -0.3 is 19.4 Å². The lowest BCUT2D eigenvalue weighted by Gasteiger charge is -2.15. The van der Waals surface area contributed by atoms with Gasteiger partial charge in [0, 0.05) is 17.1 Å². The summed E-state index contributed by atoms with van der Waals surface area (Å²) in [5.41, 5.74) is 2.38. The molecule has 0 saturated heterocycles. The number of nitrogens with one attached hydrogen (secondary N) is 1. The predicted molar refractivity (Wildman–Crippen MR) is 105 cm³/mol. The highest BCUT2D eigenvalue weighted by molar-refractivity contribution is 5.95. The molecule has 2 rings (SSSR count). The van der Waals surface area contributed by atoms with Crippen LogP contribution in [-0.4, -0.2) is 35.1 Å². The van der Waals surface area contributed by atoms with Crippen molar-refractivity contribution in [1.82, 2.24) is 4.57 Å². The molecule has 0 fully saturated rings. The maximum absolute atomic E-state index is 13.6. The predicted octanol–water partition coefficient (Wildman–Crippen LogP) is 3.30. The third-order valence-corrected chi connectivity index (χ3v) is 4.47. The van der Waals surface area contributed by atoms with Gasteiger partial charge in [0.25, 0.3) is 5.91 Å². The van der Waals surface area contributed by atoms with Crippen molar-refractivity contribution < 1.29 is 28.2 Å². The molecule has 0 aliphatic heterocycles. The zero-order valence-corrected chi connectivity index (χ0v) is 17.2. The minimum Gasteiger partial charge on any atom is -0.462 e. The van der Waals surface area contributed by atoms with E-state index in [9.17, 15) is 18.8 Å². The number of hydrogen-bond donors (Lipinski definition) is 1. The second kappa shape index (κ2) is 9.36. The lowest BCUT2D eigenvalue weighted by Crippen LogP contribution is -2.31. The Morgan fingerprint density at radius 1 is 1.17 bits per heavy atom. The molecule has 0 spiro atoms. The van der Waals surface area contributed by atoms with Crippen LogP contribution in [0.5, 0.6) is 0 Å². The zero-order chi connectivity index (χ0) is 21.7. The Kier molecular flexibility index (Phi) is 7.14. The number of aryl methyl sites for hydroxylation is 2. The van der Waals surface area contributed by atoms with Gasteiger partial charge in [0.1, 0.15) is 12.4 Å². The van der Waals surface area contributed by atoms with Gasteiger partial charge in [0.15, 0.2) is 6.10 Å². The Labute approximate surface area is 168 Å². The summed E-state index contributed by atoms with van der Waals surface area (Å²) in [5, 5.41) is 2.51. The number of carbonyl (C=O) groups excluding carboxylic acids is 3. The quantitative estimate of drug-likeness (QED) is 0.716. The van der Waals surface area contributed by atoms with Gasteiger partial charge in [-0.25, -0.2) is 9.18 Å². The van der Waals surface area contributed by atoms with E-state index in [1.165, 1.54) is 13.0 Å². The molecule has 0 aliphatic rings. The smallest absolute Gasteiger partial charge is 0.339 e. The van der Waals surface area contributed by atoms with E-state index < -0.39 is 29.8 Å². The summed E-state index contributed by atoms with van der Waals surface area (Å²) in [4.78, 5) is 36.5. The maximum Gasteiger partial charge on any atom is 0.339 e. The van der Waals surface area contributed by atoms with E-state index in [4.69, 9.17) is 9.47 Å². The SMILES string of the molecule is CCOC(=O)c1cc(C)n(CC(=O)OC(C)C(=O)Nc2ccc(C)c(F)c2)c1C. The number of nitrogens with zero attached hydrogens (tertiary/aromatic N) is 1. The summed E-state index contributed by atoms with van der Waals surface area (Å²) in [6.45, 7) is 8.31. The van der Waals surface area contributed by atoms with Crippen LogP contribution in [0.2, 0.25) is 0 Å². The average Bonchev–Trinajstić information content (AvgIpc) is 2.93. The molecule has 1 heterocycles. The molecule has 1 atom stereocenters. The van der Waals surface area contributed by atoms with Gasteiger partial charge in [-0.15, -0.1) is 0 Å². The van der Waals surface area contributed by atoms with Crippen LogP contribution in [-0.2, 0) is 25.6 Å². The van der Waals surface area contributed by atoms with Crippen LogP contribution < -0.4 is 5.32 Å². The minimum absolute atomic E-state index is 0.159. The zero-order valence-electron chi connectivity index (χ0n) is 17.2. The first-order valence-electron chi connectivity index (χ1n) is 9.24. The highest BCUT2D eigenvalue weighted by Gasteiger charge is 2.22. The molecule has 1 N–H and O–H groups in total. The molecule has 0 aliphatic carbocycles. The average molecular weight is 404 g/mol. The number of benzene rings is 1. The number of hydrogen-bond acceptors (Lipinski definition) is 5. The van der Waals surface area contributed by atoms with E-state index in [2.05, 4.69) is 5.32 Å². The molecular formula is C21H25FN2O5. The third-order valence-electron chi connectivity index (χ3n) is 4.47. The van der Waals surface area contributed by atoms with Gasteiger partial charge in [-0.2, -0.15) is 0 Å². The maximum atomic E-state index is 13.6. The van der Waals surface area contributed by atoms with Gasteiger partial charge in [-0.05, 0) is 58.4 Å². The fraction of sp³-hybridized carbons (Fsp3) is 0.381. The largest absolute Gasteiger partial charge is 0.462 e. The number of esters is 2. The molecule has 29 heavy (non-hydrogen) atoms. The number of amides is 1. The Bertz CT molecular complexity index is 935. The van der Waals surface area contributed by atoms with Gasteiger partial charge in [0.2, 0.25) is 0 Å². The Morgan fingerprint density at radius 2 is 1.86 bits per heavy atom. The number of ether oxygens (including phenoxy) is 2. The van der Waals surface area contributed by atoms with Crippen molar-refractivity contribution in [2.45, 2.75) is 47.3 Å². The number of aromatic nitrogens is 1. The molecule has 0 radical (unpaired) electrons. The number of rotatable bonds is 7. The van der Waals surface area contributed by atoms with Crippen molar-refractivity contribution in [2.24, 2.45) is 0 Å². The molecule has 8 heteroatoms. The van der Waals surface area contributed by atoms with Crippen molar-refractivity contribution in [2.75, 3.05) is 11.9 Å². The van der Waals surface area contributed by atoms with E-state index in [0.717, 1.165) is 0 Å². The molecule has 1 amide bonds. The van der Waals surface area contributed by atoms with E-state index in [1.54, 1.807) is 50.5 Å². The molecule has 1 aromatic heterocycles. The fourth-order valence-electron chi connectivity index (χ4n) is 2.79. The number of carbonyl (C=O) groups is 3. The van der Waals surface area contributed by atoms with Crippen LogP contribution in [0.15, 0.2) is 24.3 Å². The van der Waals surface area contributed by atoms with E-state index >= 15 is 0 Å². The normalized spacial score (nSPS) is 11.7. The standard InChI is InChI=1S/C21H25FN2O5/c1-6-28-21(27)17-9-13(3)24(14(17)4)11-19(25)29-15(5)20(26)23-16-8-7-12(2)18(22)10-16/h7-10,15H,6,11H2,1-5H3,(H,23,26). The van der Waals surface area contributed by atoms with Crippen LogP contribution >= 0.6 is 0 Å². The Balaban J connectivity index is 2.00. The van der Waals surface area contributed by atoms with E-state index in [-0.39, 0.29) is 18.8 Å². The van der Waals surface area contributed by atoms with Crippen LogP contribution in [0.1, 0.15) is 41.2 Å². The lowest BCUT2D eigenvalue weighted by molar-refractivity contribution is -0.153. The summed E-state index contributed by atoms with van der Waals surface area (Å²) in [7, 11) is 0. The molecule has 2 aromatic rings. The topological polar surface area (TPSA) is 86.6 Å². The van der Waals surface area contributed by atoms with Crippen molar-refractivity contribution in [3.8, 4) is 0 Å². The summed E-state index contributed by atoms with van der Waals surface area (Å²) < 4.78 is 25.4. The first-order valence-corrected chi connectivity index (χ1v) is 9.24. The second-order valence-corrected chi connectivity index (χ2v) is 6.68. The minimum atomic E-state index is -1.08. The Hall–Kier alpha value is -3.16. The summed E-state index contributed by atoms with van der Waals surface area (Å²) in [5.74, 6) is -2.11. The van der Waals surface area contributed by atoms with Gasteiger partial charge in [-0.1, -0.05) is 6.07 Å². The van der Waals surface area contributed by atoms with Crippen LogP contribution in [0.3, 0.4) is 0 Å². The van der Waals surface area contributed by atoms with Crippen LogP contribution in [0.25, 0.3) is 0 Å². The molecule has 7 nitrogen and oxygen atoms in total. The molecule has 1 aromatic carbocycles. The van der Waals surface area contributed by atoms with Crippen LogP contribution in [0.4, 0.5) is 10.1 Å². The molecule has 0 saturated carbocycles. The van der Waals surface area contributed by atoms with Crippen molar-refractivity contribution >= 4 is 23.5 Å². The summed E-state index contributed by atoms with van der Waals surface area (Å²) >= 11 is 0. The monoisotopic (exact) mass is 404 g/mol. The Morgan fingerprint density at radius 3 is 2.48 bits per heavy atom. The van der Waals surface area contributed by atoms with Crippen molar-refractivity contribution in [3.05, 3.63) is 52.6 Å². The highest BCUT2D eigenvalue weighted by Crippen LogP contribution is 2.17. The number of halogens is 1. The first kappa shape index (κ1) is 22.1. The van der Waals surface area contributed by atoms with Crippen LogP contribution in [0, 0.1) is 26.6 Å². The summed E-state index contributed by atoms with van der Waals surface area (Å²) in [6, 6.07) is 5.95. The second-order valence-electron chi connectivity index (χ2n) is 6.68. The highest BCUT2D eigenvalue weighted by atomic mass is 19.1. The third kappa shape index (κ3) is 5.43. The number of anilines is 1. The van der Waals surface area contributed by atoms with Crippen molar-refractivity contribution in [3.63, 3.8) is 0 Å². The first-order chi connectivity index (χ1) is 13.6. The van der Waals surface area contributed by atoms with E-state index in [0.29, 0.717) is 22.5 Å². The lowest BCUT2D eigenvalue weighted by atomic mass is 10.2. The fourth-order valence-corrected chi connectivity index (χ4v) is 2.79. The van der Waals surface area contributed by atoms with Gasteiger partial charge >= 0.3 is 11.9 Å². The van der Waals surface area contributed by atoms with Gasteiger partial charge in [-0.3, -0.25) is 9.59 Å². The summed E-state index contributed by atoms with van der Waals surface area (Å²) in [6.07, 6.45) is -1.08. The molecule has 0 bridgehead atoms.